The number of primary amides is 1. The Kier molecular flexibility index (Phi) is 5.03. The van der Waals surface area contributed by atoms with E-state index in [1.807, 2.05) is 0 Å². The van der Waals surface area contributed by atoms with E-state index in [-0.39, 0.29) is 11.7 Å². The molecule has 2 N–H and O–H groups in total. The van der Waals surface area contributed by atoms with E-state index >= 15 is 0 Å². The minimum Gasteiger partial charge on any atom is -0.444 e. The first-order chi connectivity index (χ1) is 8.82. The van der Waals surface area contributed by atoms with Crippen molar-refractivity contribution in [2.45, 2.75) is 32.3 Å². The zero-order valence-corrected chi connectivity index (χ0v) is 11.1. The minimum absolute atomic E-state index is 0.329. The van der Waals surface area contributed by atoms with Crippen LogP contribution in [0.3, 0.4) is 0 Å². The molecule has 1 aromatic carbocycles. The number of benzene rings is 1. The number of nitrogens with two attached hydrogens (primary N) is 1. The van der Waals surface area contributed by atoms with Crippen molar-refractivity contribution in [3.63, 3.8) is 0 Å². The molecule has 0 spiro atoms. The van der Waals surface area contributed by atoms with Gasteiger partial charge in [-0.3, -0.25) is 0 Å². The minimum atomic E-state index is -0.875. The molecule has 0 saturated heterocycles. The normalized spacial score (nSPS) is 12.8. The zero-order chi connectivity index (χ0) is 14.5. The van der Waals surface area contributed by atoms with Crippen molar-refractivity contribution < 1.29 is 18.7 Å². The molecule has 1 aromatic rings. The molecule has 0 aliphatic rings. The molecule has 19 heavy (non-hydrogen) atoms. The van der Waals surface area contributed by atoms with Gasteiger partial charge in [0.1, 0.15) is 17.7 Å². The second-order valence-electron chi connectivity index (χ2n) is 5.12. The summed E-state index contributed by atoms with van der Waals surface area (Å²) in [6.45, 7) is 3.36. The summed E-state index contributed by atoms with van der Waals surface area (Å²) in [6.07, 6.45) is 0.639. The molecule has 1 atom stereocenters. The summed E-state index contributed by atoms with van der Waals surface area (Å²) in [5.41, 5.74) is 4.87. The molecular formula is C14H18FNO3. The Labute approximate surface area is 111 Å². The molecule has 0 bridgehead atoms. The van der Waals surface area contributed by atoms with Crippen molar-refractivity contribution in [1.82, 2.24) is 0 Å². The molecule has 0 saturated carbocycles. The lowest BCUT2D eigenvalue weighted by Gasteiger charge is -2.26. The molecule has 0 unspecified atom stereocenters. The maximum atomic E-state index is 13.1. The van der Waals surface area contributed by atoms with Crippen LogP contribution in [-0.2, 0) is 16.0 Å². The number of carbonyl (C=O) groups excluding carboxylic acids is 2. The number of hydrogen-bond acceptors (Lipinski definition) is 3. The predicted molar refractivity (Wildman–Crippen MR) is 69.0 cm³/mol. The van der Waals surface area contributed by atoms with Gasteiger partial charge in [-0.2, -0.15) is 0 Å². The fraction of sp³-hybridized carbons (Fsp3) is 0.429. The van der Waals surface area contributed by atoms with E-state index in [9.17, 15) is 14.0 Å². The van der Waals surface area contributed by atoms with Crippen LogP contribution >= 0.6 is 0 Å². The van der Waals surface area contributed by atoms with Crippen LogP contribution < -0.4 is 5.73 Å². The average Bonchev–Trinajstić information content (AvgIpc) is 2.25. The number of aldehydes is 1. The maximum absolute atomic E-state index is 13.1. The zero-order valence-electron chi connectivity index (χ0n) is 11.1. The number of amides is 1. The van der Waals surface area contributed by atoms with Gasteiger partial charge in [0.15, 0.2) is 0 Å². The Morgan fingerprint density at radius 2 is 2.21 bits per heavy atom. The summed E-state index contributed by atoms with van der Waals surface area (Å²) in [5, 5.41) is 0. The fourth-order valence-corrected chi connectivity index (χ4v) is 2.08. The number of halogens is 1. The van der Waals surface area contributed by atoms with Gasteiger partial charge >= 0.3 is 6.09 Å². The highest BCUT2D eigenvalue weighted by Gasteiger charge is 2.26. The lowest BCUT2D eigenvalue weighted by Crippen LogP contribution is -2.34. The predicted octanol–water partition coefficient (Wildman–Crippen LogP) is 2.45. The second-order valence-corrected chi connectivity index (χ2v) is 5.12. The van der Waals surface area contributed by atoms with Crippen molar-refractivity contribution in [1.29, 1.82) is 0 Å². The Balaban J connectivity index is 2.68. The second kappa shape index (κ2) is 6.31. The molecular weight excluding hydrogens is 249 g/mol. The van der Waals surface area contributed by atoms with E-state index in [0.29, 0.717) is 12.8 Å². The maximum Gasteiger partial charge on any atom is 0.405 e. The molecule has 0 aliphatic heterocycles. The van der Waals surface area contributed by atoms with Gasteiger partial charge < -0.3 is 15.3 Å². The molecule has 0 radical (unpaired) electrons. The summed E-state index contributed by atoms with van der Waals surface area (Å²) >= 11 is 0. The number of carbonyl (C=O) groups is 2. The van der Waals surface area contributed by atoms with Gasteiger partial charge in [-0.25, -0.2) is 9.18 Å². The van der Waals surface area contributed by atoms with Gasteiger partial charge in [0.25, 0.3) is 0 Å². The molecule has 5 heteroatoms. The van der Waals surface area contributed by atoms with Crippen LogP contribution in [-0.4, -0.2) is 18.0 Å². The molecule has 104 valence electrons. The van der Waals surface area contributed by atoms with Crippen LogP contribution in [0.15, 0.2) is 24.3 Å². The van der Waals surface area contributed by atoms with Crippen molar-refractivity contribution in [3.8, 4) is 0 Å². The first kappa shape index (κ1) is 15.1. The SMILES string of the molecule is CC(C)(C[C@@H](C=O)Cc1cccc(F)c1)OC(N)=O. The van der Waals surface area contributed by atoms with Gasteiger partial charge in [0.2, 0.25) is 0 Å². The van der Waals surface area contributed by atoms with Crippen molar-refractivity contribution in [2.24, 2.45) is 11.7 Å². The lowest BCUT2D eigenvalue weighted by molar-refractivity contribution is -0.112. The first-order valence-corrected chi connectivity index (χ1v) is 6.00. The van der Waals surface area contributed by atoms with E-state index in [1.54, 1.807) is 26.0 Å². The fourth-order valence-electron chi connectivity index (χ4n) is 2.08. The summed E-state index contributed by atoms with van der Waals surface area (Å²) in [7, 11) is 0. The standard InChI is InChI=1S/C14H18FNO3/c1-14(2,19-13(16)18)8-11(9-17)6-10-4-3-5-12(15)7-10/h3-5,7,9,11H,6,8H2,1-2H3,(H2,16,18)/t11-/m0/s1. The molecule has 0 fully saturated rings. The van der Waals surface area contributed by atoms with E-state index in [2.05, 4.69) is 0 Å². The number of ether oxygens (including phenoxy) is 1. The van der Waals surface area contributed by atoms with E-state index in [0.717, 1.165) is 11.8 Å². The van der Waals surface area contributed by atoms with Crippen LogP contribution in [0, 0.1) is 11.7 Å². The average molecular weight is 267 g/mol. The summed E-state index contributed by atoms with van der Waals surface area (Å²) in [5.74, 6) is -0.703. The van der Waals surface area contributed by atoms with E-state index in [4.69, 9.17) is 10.5 Å². The Morgan fingerprint density at radius 3 is 2.74 bits per heavy atom. The molecule has 0 aliphatic carbocycles. The molecule has 1 amide bonds. The number of rotatable bonds is 6. The Morgan fingerprint density at radius 1 is 1.53 bits per heavy atom. The molecule has 1 rings (SSSR count). The van der Waals surface area contributed by atoms with Crippen LogP contribution in [0.25, 0.3) is 0 Å². The quantitative estimate of drug-likeness (QED) is 0.805. The van der Waals surface area contributed by atoms with Crippen molar-refractivity contribution in [3.05, 3.63) is 35.6 Å². The van der Waals surface area contributed by atoms with Gasteiger partial charge in [-0.15, -0.1) is 0 Å². The molecule has 0 aromatic heterocycles. The van der Waals surface area contributed by atoms with Crippen LogP contribution in [0.2, 0.25) is 0 Å². The van der Waals surface area contributed by atoms with Crippen LogP contribution in [0.5, 0.6) is 0 Å². The monoisotopic (exact) mass is 267 g/mol. The third kappa shape index (κ3) is 5.50. The van der Waals surface area contributed by atoms with Gasteiger partial charge in [0, 0.05) is 5.92 Å². The highest BCUT2D eigenvalue weighted by atomic mass is 19.1. The molecule has 4 nitrogen and oxygen atoms in total. The molecule has 0 heterocycles. The Hall–Kier alpha value is -1.91. The lowest BCUT2D eigenvalue weighted by atomic mass is 9.89. The van der Waals surface area contributed by atoms with E-state index < -0.39 is 11.7 Å². The third-order valence-electron chi connectivity index (χ3n) is 2.71. The van der Waals surface area contributed by atoms with Crippen molar-refractivity contribution in [2.75, 3.05) is 0 Å². The largest absolute Gasteiger partial charge is 0.444 e. The smallest absolute Gasteiger partial charge is 0.405 e. The van der Waals surface area contributed by atoms with Crippen LogP contribution in [0.4, 0.5) is 9.18 Å². The Bertz CT molecular complexity index is 460. The van der Waals surface area contributed by atoms with Crippen molar-refractivity contribution >= 4 is 12.4 Å². The van der Waals surface area contributed by atoms with Gasteiger partial charge in [-0.05, 0) is 44.4 Å². The summed E-state index contributed by atoms with van der Waals surface area (Å²) in [6, 6.07) is 6.08. The topological polar surface area (TPSA) is 69.4 Å². The summed E-state index contributed by atoms with van der Waals surface area (Å²) in [4.78, 5) is 21.8. The van der Waals surface area contributed by atoms with Crippen LogP contribution in [0.1, 0.15) is 25.8 Å². The number of hydrogen-bond donors (Lipinski definition) is 1. The van der Waals surface area contributed by atoms with Gasteiger partial charge in [0.05, 0.1) is 0 Å². The van der Waals surface area contributed by atoms with Gasteiger partial charge in [-0.1, -0.05) is 12.1 Å². The first-order valence-electron chi connectivity index (χ1n) is 6.00. The third-order valence-corrected chi connectivity index (χ3v) is 2.71. The summed E-state index contributed by atoms with van der Waals surface area (Å²) < 4.78 is 18.0. The highest BCUT2D eigenvalue weighted by Crippen LogP contribution is 2.22. The highest BCUT2D eigenvalue weighted by molar-refractivity contribution is 5.65. The van der Waals surface area contributed by atoms with E-state index in [1.165, 1.54) is 12.1 Å².